The highest BCUT2D eigenvalue weighted by molar-refractivity contribution is 6.19. The van der Waals surface area contributed by atoms with Crippen molar-refractivity contribution in [2.45, 2.75) is 80.6 Å². The molecule has 1 aromatic rings. The highest BCUT2D eigenvalue weighted by Crippen LogP contribution is 2.56. The van der Waals surface area contributed by atoms with Crippen molar-refractivity contribution in [1.82, 2.24) is 0 Å². The van der Waals surface area contributed by atoms with Gasteiger partial charge >= 0.3 is 0 Å². The second kappa shape index (κ2) is 7.55. The molecule has 0 radical (unpaired) electrons. The van der Waals surface area contributed by atoms with E-state index in [1.54, 1.807) is 13.8 Å². The third-order valence-electron chi connectivity index (χ3n) is 6.63. The normalized spacial score (nSPS) is 22.3. The maximum atomic E-state index is 13.6. The standard InChI is InChI=1S/C26H36O4/c1-14(2)9-10-16-11-12-18-19(21(16)27)17(13-15(3)4)20-22(28)25(5,6)24(29)26(7,8)23(20)30-18/h11-12,14-15,17,27H,9-10,13H2,1-8H3. The lowest BCUT2D eigenvalue weighted by Crippen LogP contribution is -2.51. The minimum atomic E-state index is -1.11. The molecule has 4 nitrogen and oxygen atoms in total. The summed E-state index contributed by atoms with van der Waals surface area (Å²) in [5.41, 5.74) is 0.163. The van der Waals surface area contributed by atoms with Crippen molar-refractivity contribution in [2.75, 3.05) is 0 Å². The summed E-state index contributed by atoms with van der Waals surface area (Å²) in [5.74, 6) is 1.54. The Kier molecular flexibility index (Phi) is 5.68. The van der Waals surface area contributed by atoms with Crippen molar-refractivity contribution in [2.24, 2.45) is 22.7 Å². The number of fused-ring (bicyclic) bond motifs is 1. The molecule has 3 rings (SSSR count). The van der Waals surface area contributed by atoms with Crippen molar-refractivity contribution in [3.05, 3.63) is 34.6 Å². The summed E-state index contributed by atoms with van der Waals surface area (Å²) >= 11 is 0. The van der Waals surface area contributed by atoms with E-state index in [9.17, 15) is 14.7 Å². The first kappa shape index (κ1) is 22.6. The van der Waals surface area contributed by atoms with Gasteiger partial charge in [-0.05, 0) is 70.4 Å². The molecule has 4 heteroatoms. The molecule has 1 unspecified atom stereocenters. The van der Waals surface area contributed by atoms with E-state index in [1.807, 2.05) is 26.0 Å². The summed E-state index contributed by atoms with van der Waals surface area (Å²) in [6, 6.07) is 3.81. The minimum absolute atomic E-state index is 0.122. The zero-order valence-electron chi connectivity index (χ0n) is 19.7. The van der Waals surface area contributed by atoms with Crippen LogP contribution in [0.25, 0.3) is 0 Å². The number of ether oxygens (including phenoxy) is 1. The Morgan fingerprint density at radius 2 is 1.63 bits per heavy atom. The molecule has 30 heavy (non-hydrogen) atoms. The summed E-state index contributed by atoms with van der Waals surface area (Å²) in [5, 5.41) is 11.2. The Bertz CT molecular complexity index is 915. The third kappa shape index (κ3) is 3.48. The molecule has 0 saturated heterocycles. The smallest absolute Gasteiger partial charge is 0.175 e. The van der Waals surface area contributed by atoms with E-state index in [0.717, 1.165) is 18.4 Å². The lowest BCUT2D eigenvalue weighted by atomic mass is 9.59. The molecule has 1 aliphatic carbocycles. The molecule has 1 aliphatic heterocycles. The SMILES string of the molecule is CC(C)CCc1ccc2c(c1O)C(CC(C)C)C1=C(O2)C(C)(C)C(=O)C(C)(C)C1=O. The average molecular weight is 413 g/mol. The van der Waals surface area contributed by atoms with Gasteiger partial charge in [-0.2, -0.15) is 0 Å². The fourth-order valence-electron chi connectivity index (χ4n) is 4.93. The number of phenolic OH excluding ortho intramolecular Hbond substituents is 1. The van der Waals surface area contributed by atoms with Gasteiger partial charge in [-0.3, -0.25) is 9.59 Å². The number of carbonyl (C=O) groups excluding carboxylic acids is 2. The van der Waals surface area contributed by atoms with E-state index in [1.165, 1.54) is 0 Å². The van der Waals surface area contributed by atoms with Crippen LogP contribution in [0.15, 0.2) is 23.5 Å². The number of hydrogen-bond acceptors (Lipinski definition) is 4. The fraction of sp³-hybridized carbons (Fsp3) is 0.615. The molecule has 164 valence electrons. The molecule has 0 saturated carbocycles. The van der Waals surface area contributed by atoms with Crippen molar-refractivity contribution < 1.29 is 19.4 Å². The van der Waals surface area contributed by atoms with Crippen LogP contribution >= 0.6 is 0 Å². The molecule has 0 fully saturated rings. The van der Waals surface area contributed by atoms with Crippen LogP contribution in [-0.2, 0) is 16.0 Å². The van der Waals surface area contributed by atoms with Gasteiger partial charge in [0.15, 0.2) is 11.6 Å². The van der Waals surface area contributed by atoms with Gasteiger partial charge < -0.3 is 9.84 Å². The van der Waals surface area contributed by atoms with Crippen LogP contribution in [-0.4, -0.2) is 16.7 Å². The maximum Gasteiger partial charge on any atom is 0.175 e. The second-order valence-corrected chi connectivity index (χ2v) is 10.9. The van der Waals surface area contributed by atoms with Gasteiger partial charge in [0, 0.05) is 17.1 Å². The molecule has 0 aromatic heterocycles. The van der Waals surface area contributed by atoms with Crippen molar-refractivity contribution in [3.8, 4) is 11.5 Å². The molecule has 1 N–H and O–H groups in total. The summed E-state index contributed by atoms with van der Waals surface area (Å²) in [4.78, 5) is 26.7. The second-order valence-electron chi connectivity index (χ2n) is 10.9. The number of allylic oxidation sites excluding steroid dienone is 2. The van der Waals surface area contributed by atoms with Gasteiger partial charge in [0.2, 0.25) is 0 Å². The molecule has 1 atom stereocenters. The predicted octanol–water partition coefficient (Wildman–Crippen LogP) is 5.96. The molecular weight excluding hydrogens is 376 g/mol. The van der Waals surface area contributed by atoms with Crippen LogP contribution in [0, 0.1) is 22.7 Å². The van der Waals surface area contributed by atoms with Crippen molar-refractivity contribution in [3.63, 3.8) is 0 Å². The molecule has 0 spiro atoms. The maximum absolute atomic E-state index is 13.6. The van der Waals surface area contributed by atoms with Gasteiger partial charge in [-0.15, -0.1) is 0 Å². The highest BCUT2D eigenvalue weighted by Gasteiger charge is 2.57. The van der Waals surface area contributed by atoms with Gasteiger partial charge in [-0.1, -0.05) is 33.8 Å². The molecule has 1 heterocycles. The van der Waals surface area contributed by atoms with E-state index in [2.05, 4.69) is 27.7 Å². The fourth-order valence-corrected chi connectivity index (χ4v) is 4.93. The number of aromatic hydroxyl groups is 1. The quantitative estimate of drug-likeness (QED) is 0.606. The molecule has 2 aliphatic rings. The Morgan fingerprint density at radius 1 is 1.00 bits per heavy atom. The van der Waals surface area contributed by atoms with Crippen LogP contribution < -0.4 is 4.74 Å². The Balaban J connectivity index is 2.22. The number of phenols is 1. The van der Waals surface area contributed by atoms with Crippen molar-refractivity contribution in [1.29, 1.82) is 0 Å². The molecule has 0 bridgehead atoms. The van der Waals surface area contributed by atoms with E-state index in [0.29, 0.717) is 40.9 Å². The number of ketones is 2. The van der Waals surface area contributed by atoms with E-state index in [4.69, 9.17) is 4.74 Å². The number of Topliss-reactive ketones (excluding diaryl/α,β-unsaturated/α-hetero) is 2. The largest absolute Gasteiger partial charge is 0.507 e. The summed E-state index contributed by atoms with van der Waals surface area (Å²) < 4.78 is 6.24. The zero-order valence-corrected chi connectivity index (χ0v) is 19.7. The number of hydrogen-bond donors (Lipinski definition) is 1. The van der Waals surface area contributed by atoms with Crippen LogP contribution in [0.2, 0.25) is 0 Å². The van der Waals surface area contributed by atoms with E-state index >= 15 is 0 Å². The van der Waals surface area contributed by atoms with Crippen LogP contribution in [0.1, 0.15) is 85.3 Å². The third-order valence-corrected chi connectivity index (χ3v) is 6.63. The number of carbonyl (C=O) groups is 2. The van der Waals surface area contributed by atoms with E-state index < -0.39 is 10.8 Å². The number of rotatable bonds is 5. The first-order chi connectivity index (χ1) is 13.8. The van der Waals surface area contributed by atoms with Gasteiger partial charge in [0.1, 0.15) is 17.3 Å². The van der Waals surface area contributed by atoms with E-state index in [-0.39, 0.29) is 23.2 Å². The first-order valence-corrected chi connectivity index (χ1v) is 11.2. The first-order valence-electron chi connectivity index (χ1n) is 11.2. The van der Waals surface area contributed by atoms with Gasteiger partial charge in [-0.25, -0.2) is 0 Å². The lowest BCUT2D eigenvalue weighted by Gasteiger charge is -2.45. The van der Waals surface area contributed by atoms with Crippen LogP contribution in [0.3, 0.4) is 0 Å². The molecule has 0 amide bonds. The van der Waals surface area contributed by atoms with Crippen LogP contribution in [0.5, 0.6) is 11.5 Å². The summed E-state index contributed by atoms with van der Waals surface area (Å²) in [6.07, 6.45) is 2.46. The van der Waals surface area contributed by atoms with Gasteiger partial charge in [0.05, 0.1) is 10.8 Å². The summed E-state index contributed by atoms with van der Waals surface area (Å²) in [6.45, 7) is 15.7. The summed E-state index contributed by atoms with van der Waals surface area (Å²) in [7, 11) is 0. The molecule has 1 aromatic carbocycles. The minimum Gasteiger partial charge on any atom is -0.507 e. The Hall–Kier alpha value is -2.10. The van der Waals surface area contributed by atoms with Crippen LogP contribution in [0.4, 0.5) is 0 Å². The van der Waals surface area contributed by atoms with Crippen molar-refractivity contribution >= 4 is 11.6 Å². The zero-order chi connectivity index (χ0) is 22.6. The Morgan fingerprint density at radius 3 is 2.20 bits per heavy atom. The highest BCUT2D eigenvalue weighted by atomic mass is 16.5. The Labute approximate surface area is 180 Å². The number of benzene rings is 1. The molecular formula is C26H36O4. The number of aryl methyl sites for hydroxylation is 1. The average Bonchev–Trinajstić information content (AvgIpc) is 2.64. The lowest BCUT2D eigenvalue weighted by molar-refractivity contribution is -0.144. The van der Waals surface area contributed by atoms with Gasteiger partial charge in [0.25, 0.3) is 0 Å². The topological polar surface area (TPSA) is 63.6 Å². The predicted molar refractivity (Wildman–Crippen MR) is 119 cm³/mol. The monoisotopic (exact) mass is 412 g/mol.